The monoisotopic (exact) mass is 611 g/mol. The number of amides is 2. The number of esters is 1. The molecule has 0 aliphatic rings. The van der Waals surface area contributed by atoms with Crippen molar-refractivity contribution >= 4 is 51.7 Å². The smallest absolute Gasteiger partial charge is 0.315 e. The predicted octanol–water partition coefficient (Wildman–Crippen LogP) is 3.69. The third-order valence-electron chi connectivity index (χ3n) is 4.46. The molecule has 2 aromatic carbocycles. The van der Waals surface area contributed by atoms with E-state index in [0.717, 1.165) is 26.4 Å². The minimum Gasteiger partial charge on any atom is -0.469 e. The lowest BCUT2D eigenvalue weighted by Crippen LogP contribution is -2.32. The van der Waals surface area contributed by atoms with Crippen LogP contribution < -0.4 is 5.32 Å². The molecule has 35 heavy (non-hydrogen) atoms. The van der Waals surface area contributed by atoms with Crippen molar-refractivity contribution in [2.45, 2.75) is 19.9 Å². The summed E-state index contributed by atoms with van der Waals surface area (Å²) in [5, 5.41) is 12.5. The fraction of sp³-hybridized carbons (Fsp3) is 0.286. The molecule has 2 rings (SSSR count). The fourth-order valence-electron chi connectivity index (χ4n) is 2.79. The van der Waals surface area contributed by atoms with Gasteiger partial charge in [-0.1, -0.05) is 5.23 Å². The van der Waals surface area contributed by atoms with Gasteiger partial charge in [-0.05, 0) is 53.8 Å². The van der Waals surface area contributed by atoms with Crippen molar-refractivity contribution in [3.63, 3.8) is 0 Å². The maximum Gasteiger partial charge on any atom is 0.315 e. The number of hydrogen-bond acceptors (Lipinski definition) is 8. The van der Waals surface area contributed by atoms with E-state index in [-0.39, 0.29) is 17.5 Å². The molecule has 190 valence electrons. The molecule has 0 aromatic heterocycles. The van der Waals surface area contributed by atoms with Gasteiger partial charge in [-0.15, -0.1) is 0 Å². The van der Waals surface area contributed by atoms with E-state index in [1.807, 2.05) is 22.6 Å². The lowest BCUT2D eigenvalue weighted by molar-refractivity contribution is -0.294. The highest BCUT2D eigenvalue weighted by atomic mass is 127. The summed E-state index contributed by atoms with van der Waals surface area (Å²) in [6, 6.07) is 4.67. The predicted molar refractivity (Wildman–Crippen MR) is 123 cm³/mol. The molecular weight excluding hydrogens is 590 g/mol. The number of halogens is 4. The van der Waals surface area contributed by atoms with Crippen molar-refractivity contribution < 1.29 is 47.2 Å². The molecule has 0 bridgehead atoms. The van der Waals surface area contributed by atoms with Crippen LogP contribution in [0.3, 0.4) is 0 Å². The molecular formula is C21H21F3IN3O7. The highest BCUT2D eigenvalue weighted by Gasteiger charge is 2.28. The van der Waals surface area contributed by atoms with Crippen LogP contribution in [0.4, 0.5) is 24.5 Å². The zero-order valence-electron chi connectivity index (χ0n) is 18.7. The summed E-state index contributed by atoms with van der Waals surface area (Å²) in [7, 11) is 2.11. The van der Waals surface area contributed by atoms with Crippen LogP contribution in [0, 0.1) is 21.0 Å². The van der Waals surface area contributed by atoms with Gasteiger partial charge in [-0.3, -0.25) is 24.4 Å². The molecule has 2 N–H and O–H groups in total. The molecule has 10 nitrogen and oxygen atoms in total. The number of nitrogens with zero attached hydrogens (tertiary/aromatic N) is 2. The van der Waals surface area contributed by atoms with Crippen LogP contribution in [0.25, 0.3) is 0 Å². The summed E-state index contributed by atoms with van der Waals surface area (Å²) in [6.07, 6.45) is -0.749. The molecule has 2 amide bonds. The maximum absolute atomic E-state index is 15.2. The first-order chi connectivity index (χ1) is 16.5. The van der Waals surface area contributed by atoms with E-state index in [9.17, 15) is 28.4 Å². The molecule has 0 aliphatic carbocycles. The third kappa shape index (κ3) is 7.03. The van der Waals surface area contributed by atoms with E-state index < -0.39 is 65.0 Å². The van der Waals surface area contributed by atoms with Gasteiger partial charge >= 0.3 is 11.9 Å². The standard InChI is InChI=1S/C21H21F3IN3O7/c1-4-35-28(32)21(31)13-7-11(10-27(34-3)16(29)9-17(30)33-2)18(23)19(24)20(13)26-15-6-5-12(25)8-14(15)22/h5-8,26,32H,4,9-10H2,1-3H3. The largest absolute Gasteiger partial charge is 0.469 e. The van der Waals surface area contributed by atoms with Crippen LogP contribution in [-0.4, -0.2) is 54.1 Å². The van der Waals surface area contributed by atoms with Gasteiger partial charge in [0.2, 0.25) is 0 Å². The number of carbonyl (C=O) groups excluding carboxylic acids is 3. The zero-order chi connectivity index (χ0) is 26.3. The van der Waals surface area contributed by atoms with Crippen molar-refractivity contribution in [1.29, 1.82) is 0 Å². The van der Waals surface area contributed by atoms with Gasteiger partial charge in [0.05, 0.1) is 44.3 Å². The van der Waals surface area contributed by atoms with Gasteiger partial charge in [0, 0.05) is 9.13 Å². The molecule has 0 fully saturated rings. The normalized spacial score (nSPS) is 10.6. The summed E-state index contributed by atoms with van der Waals surface area (Å²) < 4.78 is 49.4. The summed E-state index contributed by atoms with van der Waals surface area (Å²) in [4.78, 5) is 45.9. The number of methoxy groups -OCH3 is 1. The van der Waals surface area contributed by atoms with Gasteiger partial charge in [-0.2, -0.15) is 0 Å². The van der Waals surface area contributed by atoms with E-state index in [1.165, 1.54) is 19.1 Å². The number of rotatable bonds is 10. The lowest BCUT2D eigenvalue weighted by Gasteiger charge is -2.22. The second-order valence-electron chi connectivity index (χ2n) is 6.70. The fourth-order valence-corrected chi connectivity index (χ4v) is 3.24. The van der Waals surface area contributed by atoms with Crippen LogP contribution in [0.1, 0.15) is 29.3 Å². The minimum absolute atomic E-state index is 0.146. The van der Waals surface area contributed by atoms with Crippen LogP contribution in [-0.2, 0) is 30.5 Å². The summed E-state index contributed by atoms with van der Waals surface area (Å²) in [6.45, 7) is 0.580. The summed E-state index contributed by atoms with van der Waals surface area (Å²) >= 11 is 1.85. The minimum atomic E-state index is -1.61. The molecule has 0 heterocycles. The molecule has 0 atom stereocenters. The zero-order valence-corrected chi connectivity index (χ0v) is 20.9. The molecule has 2 aromatic rings. The van der Waals surface area contributed by atoms with Crippen molar-refractivity contribution in [3.8, 4) is 0 Å². The van der Waals surface area contributed by atoms with E-state index in [1.54, 1.807) is 0 Å². The Labute approximate surface area is 211 Å². The Morgan fingerprint density at radius 2 is 1.80 bits per heavy atom. The number of nitrogens with one attached hydrogen (secondary N) is 1. The number of carbonyl (C=O) groups is 3. The highest BCUT2D eigenvalue weighted by molar-refractivity contribution is 14.1. The van der Waals surface area contributed by atoms with Gasteiger partial charge in [0.25, 0.3) is 5.91 Å². The Morgan fingerprint density at radius 3 is 2.37 bits per heavy atom. The molecule has 0 unspecified atom stereocenters. The number of hydrogen-bond donors (Lipinski definition) is 2. The van der Waals surface area contributed by atoms with Gasteiger partial charge in [0.1, 0.15) is 12.2 Å². The van der Waals surface area contributed by atoms with E-state index in [2.05, 4.69) is 14.9 Å². The molecule has 0 spiro atoms. The number of hydroxylamine groups is 4. The van der Waals surface area contributed by atoms with Crippen LogP contribution >= 0.6 is 22.6 Å². The first-order valence-electron chi connectivity index (χ1n) is 9.84. The van der Waals surface area contributed by atoms with Gasteiger partial charge in [0.15, 0.2) is 11.6 Å². The second kappa shape index (κ2) is 12.7. The third-order valence-corrected chi connectivity index (χ3v) is 5.14. The number of benzene rings is 2. The first-order valence-corrected chi connectivity index (χ1v) is 10.9. The molecule has 0 saturated carbocycles. The van der Waals surface area contributed by atoms with Crippen LogP contribution in [0.2, 0.25) is 0 Å². The van der Waals surface area contributed by atoms with Crippen molar-refractivity contribution in [2.24, 2.45) is 0 Å². The Balaban J connectivity index is 2.56. The van der Waals surface area contributed by atoms with Crippen LogP contribution in [0.15, 0.2) is 24.3 Å². The quantitative estimate of drug-likeness (QED) is 0.138. The lowest BCUT2D eigenvalue weighted by atomic mass is 10.0. The van der Waals surface area contributed by atoms with E-state index >= 15 is 4.39 Å². The Kier molecular flexibility index (Phi) is 10.2. The summed E-state index contributed by atoms with van der Waals surface area (Å²) in [5.74, 6) is -7.07. The number of ether oxygens (including phenoxy) is 1. The Morgan fingerprint density at radius 1 is 1.11 bits per heavy atom. The Bertz CT molecular complexity index is 1120. The number of anilines is 2. The average Bonchev–Trinajstić information content (AvgIpc) is 2.82. The first kappa shape index (κ1) is 28.3. The maximum atomic E-state index is 15.2. The molecule has 14 heteroatoms. The highest BCUT2D eigenvalue weighted by Crippen LogP contribution is 2.32. The Hall–Kier alpha value is -2.95. The molecule has 0 saturated heterocycles. The molecule has 0 aliphatic heterocycles. The van der Waals surface area contributed by atoms with Crippen molar-refractivity contribution in [2.75, 3.05) is 26.1 Å². The van der Waals surface area contributed by atoms with Crippen molar-refractivity contribution in [1.82, 2.24) is 10.3 Å². The van der Waals surface area contributed by atoms with Gasteiger partial charge < -0.3 is 10.1 Å². The SMILES string of the molecule is CCON(O)C(=O)c1cc(CN(OC)C(=O)CC(=O)OC)c(F)c(F)c1Nc1ccc(I)cc1F. The van der Waals surface area contributed by atoms with Crippen LogP contribution in [0.5, 0.6) is 0 Å². The van der Waals surface area contributed by atoms with Crippen molar-refractivity contribution in [3.05, 3.63) is 56.4 Å². The van der Waals surface area contributed by atoms with E-state index in [0.29, 0.717) is 8.63 Å². The average molecular weight is 611 g/mol. The summed E-state index contributed by atoms with van der Waals surface area (Å²) in [5.41, 5.74) is -2.27. The second-order valence-corrected chi connectivity index (χ2v) is 7.94. The van der Waals surface area contributed by atoms with Gasteiger partial charge in [-0.25, -0.2) is 23.1 Å². The van der Waals surface area contributed by atoms with E-state index in [4.69, 9.17) is 4.84 Å². The molecule has 0 radical (unpaired) electrons. The topological polar surface area (TPSA) is 118 Å².